The molecule has 0 aromatic heterocycles. The van der Waals surface area contributed by atoms with Crippen molar-refractivity contribution in [2.45, 2.75) is 33.6 Å². The van der Waals surface area contributed by atoms with Crippen molar-refractivity contribution in [3.05, 3.63) is 58.1 Å². The maximum atomic E-state index is 12.6. The first-order valence-electron chi connectivity index (χ1n) is 9.99. The van der Waals surface area contributed by atoms with Crippen molar-refractivity contribution in [2.24, 2.45) is 5.92 Å². The lowest BCUT2D eigenvalue weighted by Crippen LogP contribution is -2.41. The van der Waals surface area contributed by atoms with Crippen LogP contribution in [0.5, 0.6) is 0 Å². The lowest BCUT2D eigenvalue weighted by atomic mass is 9.95. The minimum absolute atomic E-state index is 0.0225. The normalized spacial score (nSPS) is 15.2. The predicted octanol–water partition coefficient (Wildman–Crippen LogP) is 4.55. The van der Waals surface area contributed by atoms with Gasteiger partial charge in [0.15, 0.2) is 0 Å². The number of rotatable bonds is 5. The van der Waals surface area contributed by atoms with Gasteiger partial charge in [-0.25, -0.2) is 0 Å². The molecular formula is C23H28ClN3O2. The lowest BCUT2D eigenvalue weighted by Gasteiger charge is -2.30. The van der Waals surface area contributed by atoms with Gasteiger partial charge in [0.25, 0.3) is 0 Å². The molecule has 1 saturated heterocycles. The van der Waals surface area contributed by atoms with Gasteiger partial charge in [-0.15, -0.1) is 0 Å². The zero-order valence-corrected chi connectivity index (χ0v) is 18.0. The van der Waals surface area contributed by atoms with Crippen LogP contribution in [-0.4, -0.2) is 36.3 Å². The van der Waals surface area contributed by atoms with Crippen LogP contribution in [-0.2, 0) is 9.59 Å². The molecular weight excluding hydrogens is 386 g/mol. The molecule has 29 heavy (non-hydrogen) atoms. The Labute approximate surface area is 177 Å². The summed E-state index contributed by atoms with van der Waals surface area (Å²) in [5.74, 6) is -0.0484. The van der Waals surface area contributed by atoms with E-state index in [9.17, 15) is 9.59 Å². The molecule has 0 unspecified atom stereocenters. The van der Waals surface area contributed by atoms with E-state index in [1.54, 1.807) is 0 Å². The molecule has 2 aromatic rings. The second-order valence-corrected chi connectivity index (χ2v) is 8.21. The van der Waals surface area contributed by atoms with E-state index in [-0.39, 0.29) is 17.7 Å². The predicted molar refractivity (Wildman–Crippen MR) is 119 cm³/mol. The van der Waals surface area contributed by atoms with Gasteiger partial charge in [-0.1, -0.05) is 23.7 Å². The molecule has 0 atom stereocenters. The number of carbonyl (C=O) groups excluding carboxylic acids is 2. The monoisotopic (exact) mass is 413 g/mol. The minimum atomic E-state index is -0.0487. The summed E-state index contributed by atoms with van der Waals surface area (Å²) in [6.45, 7) is 7.78. The summed E-state index contributed by atoms with van der Waals surface area (Å²) in [7, 11) is 0. The summed E-state index contributed by atoms with van der Waals surface area (Å²) in [6.07, 6.45) is 1.48. The van der Waals surface area contributed by atoms with Gasteiger partial charge in [-0.05, 0) is 87.7 Å². The molecule has 6 heteroatoms. The first-order chi connectivity index (χ1) is 13.8. The molecule has 2 aromatic carbocycles. The molecule has 1 aliphatic heterocycles. The maximum absolute atomic E-state index is 12.6. The minimum Gasteiger partial charge on any atom is -0.326 e. The van der Waals surface area contributed by atoms with Gasteiger partial charge in [0.05, 0.1) is 6.54 Å². The summed E-state index contributed by atoms with van der Waals surface area (Å²) >= 11 is 6.13. The number of piperidine rings is 1. The van der Waals surface area contributed by atoms with Crippen molar-refractivity contribution in [3.63, 3.8) is 0 Å². The Morgan fingerprint density at radius 2 is 1.76 bits per heavy atom. The third-order valence-electron chi connectivity index (χ3n) is 5.64. The first-order valence-corrected chi connectivity index (χ1v) is 10.4. The third kappa shape index (κ3) is 5.58. The van der Waals surface area contributed by atoms with Crippen LogP contribution in [0, 0.1) is 26.7 Å². The molecule has 0 spiro atoms. The van der Waals surface area contributed by atoms with Crippen molar-refractivity contribution in [3.8, 4) is 0 Å². The highest BCUT2D eigenvalue weighted by atomic mass is 35.5. The van der Waals surface area contributed by atoms with Crippen LogP contribution in [0.15, 0.2) is 36.4 Å². The summed E-state index contributed by atoms with van der Waals surface area (Å²) in [5, 5.41) is 6.61. The number of hydrogen-bond donors (Lipinski definition) is 2. The Hall–Kier alpha value is -2.37. The van der Waals surface area contributed by atoms with Gasteiger partial charge >= 0.3 is 0 Å². The average molecular weight is 414 g/mol. The van der Waals surface area contributed by atoms with Crippen LogP contribution < -0.4 is 10.6 Å². The van der Waals surface area contributed by atoms with Crippen LogP contribution >= 0.6 is 11.6 Å². The van der Waals surface area contributed by atoms with Crippen molar-refractivity contribution in [1.82, 2.24) is 4.90 Å². The number of halogens is 1. The topological polar surface area (TPSA) is 61.4 Å². The molecule has 1 aliphatic rings. The smallest absolute Gasteiger partial charge is 0.238 e. The molecule has 5 nitrogen and oxygen atoms in total. The Bertz CT molecular complexity index is 905. The number of carbonyl (C=O) groups is 2. The number of nitrogens with zero attached hydrogens (tertiary/aromatic N) is 1. The number of nitrogens with one attached hydrogen (secondary N) is 2. The highest BCUT2D eigenvalue weighted by Gasteiger charge is 2.26. The molecule has 2 N–H and O–H groups in total. The van der Waals surface area contributed by atoms with Gasteiger partial charge in [-0.3, -0.25) is 14.5 Å². The fraction of sp³-hybridized carbons (Fsp3) is 0.391. The average Bonchev–Trinajstić information content (AvgIpc) is 2.69. The zero-order chi connectivity index (χ0) is 21.0. The van der Waals surface area contributed by atoms with E-state index in [0.29, 0.717) is 11.6 Å². The number of aryl methyl sites for hydroxylation is 2. The summed E-state index contributed by atoms with van der Waals surface area (Å²) in [4.78, 5) is 27.1. The highest BCUT2D eigenvalue weighted by Crippen LogP contribution is 2.25. The van der Waals surface area contributed by atoms with Gasteiger partial charge in [0, 0.05) is 22.3 Å². The summed E-state index contributed by atoms with van der Waals surface area (Å²) < 4.78 is 0. The van der Waals surface area contributed by atoms with E-state index in [4.69, 9.17) is 11.6 Å². The quantitative estimate of drug-likeness (QED) is 0.755. The standard InChI is InChI=1S/C23H28ClN3O2/c1-15-7-8-19(13-16(15)2)25-22(28)14-27-11-9-18(10-12-27)23(29)26-21-6-4-5-20(24)17(21)3/h4-8,13,18H,9-12,14H2,1-3H3,(H,25,28)(H,26,29). The molecule has 1 fully saturated rings. The molecule has 0 bridgehead atoms. The van der Waals surface area contributed by atoms with Crippen molar-refractivity contribution >= 4 is 34.8 Å². The van der Waals surface area contributed by atoms with Crippen molar-refractivity contribution in [1.29, 1.82) is 0 Å². The van der Waals surface area contributed by atoms with Crippen molar-refractivity contribution < 1.29 is 9.59 Å². The van der Waals surface area contributed by atoms with E-state index < -0.39 is 0 Å². The summed E-state index contributed by atoms with van der Waals surface area (Å²) in [6, 6.07) is 11.4. The number of hydrogen-bond acceptors (Lipinski definition) is 3. The number of benzene rings is 2. The van der Waals surface area contributed by atoms with E-state index in [0.717, 1.165) is 48.4 Å². The van der Waals surface area contributed by atoms with Crippen molar-refractivity contribution in [2.75, 3.05) is 30.3 Å². The van der Waals surface area contributed by atoms with Gasteiger partial charge < -0.3 is 10.6 Å². The molecule has 1 heterocycles. The van der Waals surface area contributed by atoms with Gasteiger partial charge in [0.1, 0.15) is 0 Å². The molecule has 3 rings (SSSR count). The lowest BCUT2D eigenvalue weighted by molar-refractivity contribution is -0.121. The fourth-order valence-corrected chi connectivity index (χ4v) is 3.73. The molecule has 0 radical (unpaired) electrons. The second-order valence-electron chi connectivity index (χ2n) is 7.80. The van der Waals surface area contributed by atoms with E-state index >= 15 is 0 Å². The van der Waals surface area contributed by atoms with Gasteiger partial charge in [-0.2, -0.15) is 0 Å². The van der Waals surface area contributed by atoms with Crippen LogP contribution in [0.25, 0.3) is 0 Å². The number of amides is 2. The highest BCUT2D eigenvalue weighted by molar-refractivity contribution is 6.31. The summed E-state index contributed by atoms with van der Waals surface area (Å²) in [5.41, 5.74) is 4.82. The van der Waals surface area contributed by atoms with E-state index in [2.05, 4.69) is 22.5 Å². The molecule has 0 saturated carbocycles. The number of likely N-dealkylation sites (tertiary alicyclic amines) is 1. The maximum Gasteiger partial charge on any atom is 0.238 e. The van der Waals surface area contributed by atoms with E-state index in [1.165, 1.54) is 5.56 Å². The Balaban J connectivity index is 1.47. The van der Waals surface area contributed by atoms with Crippen LogP contribution in [0.2, 0.25) is 5.02 Å². The largest absolute Gasteiger partial charge is 0.326 e. The molecule has 154 valence electrons. The van der Waals surface area contributed by atoms with Crippen LogP contribution in [0.3, 0.4) is 0 Å². The SMILES string of the molecule is Cc1ccc(NC(=O)CN2CCC(C(=O)Nc3cccc(Cl)c3C)CC2)cc1C. The van der Waals surface area contributed by atoms with E-state index in [1.807, 2.05) is 50.2 Å². The second kappa shape index (κ2) is 9.42. The third-order valence-corrected chi connectivity index (χ3v) is 6.05. The Morgan fingerprint density at radius 1 is 1.03 bits per heavy atom. The van der Waals surface area contributed by atoms with Crippen LogP contribution in [0.4, 0.5) is 11.4 Å². The first kappa shape index (κ1) is 21.3. The molecule has 2 amide bonds. The zero-order valence-electron chi connectivity index (χ0n) is 17.2. The Kier molecular flexibility index (Phi) is 6.93. The molecule has 0 aliphatic carbocycles. The fourth-order valence-electron chi connectivity index (χ4n) is 3.55. The van der Waals surface area contributed by atoms with Gasteiger partial charge in [0.2, 0.25) is 11.8 Å². The Morgan fingerprint density at radius 3 is 2.45 bits per heavy atom. The van der Waals surface area contributed by atoms with Crippen LogP contribution in [0.1, 0.15) is 29.5 Å². The number of anilines is 2.